The Morgan fingerprint density at radius 2 is 1.82 bits per heavy atom. The second kappa shape index (κ2) is 5.99. The van der Waals surface area contributed by atoms with Gasteiger partial charge in [-0.1, -0.05) is 36.4 Å². The number of nitrogens with one attached hydrogen (secondary N) is 1. The smallest absolute Gasteiger partial charge is 0.323 e. The number of anilines is 1. The molecule has 2 atom stereocenters. The highest BCUT2D eigenvalue weighted by Crippen LogP contribution is 2.36. The summed E-state index contributed by atoms with van der Waals surface area (Å²) >= 11 is 0. The molecule has 2 aromatic rings. The minimum Gasteiger partial charge on any atom is -0.426 e. The van der Waals surface area contributed by atoms with Crippen molar-refractivity contribution < 1.29 is 14.6 Å². The van der Waals surface area contributed by atoms with Gasteiger partial charge in [0.05, 0.1) is 11.4 Å². The number of hydrogen-bond acceptors (Lipinski definition) is 5. The van der Waals surface area contributed by atoms with E-state index in [0.29, 0.717) is 17.0 Å². The molecule has 0 saturated carbocycles. The molecule has 2 N–H and O–H groups in total. The van der Waals surface area contributed by atoms with Gasteiger partial charge in [0.15, 0.2) is 0 Å². The van der Waals surface area contributed by atoms with Crippen molar-refractivity contribution in [3.8, 4) is 5.75 Å². The fourth-order valence-corrected chi connectivity index (χ4v) is 2.43. The first-order valence-corrected chi connectivity index (χ1v) is 7.01. The number of fused-ring (bicyclic) bond motifs is 1. The number of hydrazone groups is 1. The molecule has 0 radical (unpaired) electrons. The monoisotopic (exact) mass is 296 g/mol. The number of carbonyl (C=O) groups excluding carboxylic acids is 1. The van der Waals surface area contributed by atoms with Gasteiger partial charge in [-0.05, 0) is 25.1 Å². The molecule has 2 unspecified atom stereocenters. The average molecular weight is 296 g/mol. The highest BCUT2D eigenvalue weighted by Gasteiger charge is 2.38. The van der Waals surface area contributed by atoms with Crippen molar-refractivity contribution in [1.29, 1.82) is 0 Å². The van der Waals surface area contributed by atoms with Crippen LogP contribution in [0, 0.1) is 5.92 Å². The number of carbonyl (C=O) groups is 1. The number of hydrogen-bond donors (Lipinski definition) is 2. The van der Waals surface area contributed by atoms with E-state index in [-0.39, 0.29) is 0 Å². The van der Waals surface area contributed by atoms with Crippen LogP contribution in [0.4, 0.5) is 5.69 Å². The SMILES string of the molecule is C/C(=N\Nc1ccccc1)C1C(=O)Oc2ccccc2C1O. The second-order valence-electron chi connectivity index (χ2n) is 5.11. The van der Waals surface area contributed by atoms with Gasteiger partial charge in [-0.25, -0.2) is 0 Å². The molecule has 0 bridgehead atoms. The maximum atomic E-state index is 12.1. The van der Waals surface area contributed by atoms with Crippen LogP contribution in [0.5, 0.6) is 5.75 Å². The summed E-state index contributed by atoms with van der Waals surface area (Å²) in [5.41, 5.74) is 4.75. The molecule has 1 aliphatic heterocycles. The first kappa shape index (κ1) is 14.3. The van der Waals surface area contributed by atoms with Crippen LogP contribution in [0.15, 0.2) is 59.7 Å². The van der Waals surface area contributed by atoms with Crippen LogP contribution in [0.25, 0.3) is 0 Å². The van der Waals surface area contributed by atoms with Gasteiger partial charge in [0.2, 0.25) is 0 Å². The number of rotatable bonds is 3. The van der Waals surface area contributed by atoms with Gasteiger partial charge in [0.25, 0.3) is 0 Å². The van der Waals surface area contributed by atoms with E-state index in [1.54, 1.807) is 31.2 Å². The van der Waals surface area contributed by atoms with Crippen LogP contribution in [-0.2, 0) is 4.79 Å². The lowest BCUT2D eigenvalue weighted by Gasteiger charge is -2.28. The summed E-state index contributed by atoms with van der Waals surface area (Å²) in [6, 6.07) is 16.4. The minimum atomic E-state index is -0.959. The van der Waals surface area contributed by atoms with Crippen LogP contribution < -0.4 is 10.2 Å². The van der Waals surface area contributed by atoms with Gasteiger partial charge in [-0.15, -0.1) is 0 Å². The van der Waals surface area contributed by atoms with E-state index in [2.05, 4.69) is 10.5 Å². The third kappa shape index (κ3) is 2.71. The fourth-order valence-electron chi connectivity index (χ4n) is 2.43. The molecule has 5 heteroatoms. The Labute approximate surface area is 128 Å². The van der Waals surface area contributed by atoms with Crippen LogP contribution in [0.1, 0.15) is 18.6 Å². The molecular weight excluding hydrogens is 280 g/mol. The maximum Gasteiger partial charge on any atom is 0.323 e. The highest BCUT2D eigenvalue weighted by molar-refractivity contribution is 6.03. The van der Waals surface area contributed by atoms with Crippen molar-refractivity contribution in [2.24, 2.45) is 11.0 Å². The van der Waals surface area contributed by atoms with Crippen LogP contribution >= 0.6 is 0 Å². The molecule has 0 saturated heterocycles. The molecule has 22 heavy (non-hydrogen) atoms. The molecule has 3 rings (SSSR count). The van der Waals surface area contributed by atoms with E-state index in [1.807, 2.05) is 30.3 Å². The molecule has 1 aliphatic rings. The van der Waals surface area contributed by atoms with Gasteiger partial charge in [0.1, 0.15) is 17.8 Å². The molecule has 1 heterocycles. The number of aliphatic hydroxyl groups excluding tert-OH is 1. The van der Waals surface area contributed by atoms with E-state index in [9.17, 15) is 9.90 Å². The zero-order chi connectivity index (χ0) is 15.5. The quantitative estimate of drug-likeness (QED) is 0.395. The molecule has 0 amide bonds. The van der Waals surface area contributed by atoms with Gasteiger partial charge in [0, 0.05) is 5.56 Å². The predicted molar refractivity (Wildman–Crippen MR) is 83.7 cm³/mol. The zero-order valence-electron chi connectivity index (χ0n) is 12.1. The van der Waals surface area contributed by atoms with Gasteiger partial charge in [-0.3, -0.25) is 10.2 Å². The van der Waals surface area contributed by atoms with E-state index in [0.717, 1.165) is 5.69 Å². The normalized spacial score (nSPS) is 21.0. The van der Waals surface area contributed by atoms with Crippen molar-refractivity contribution in [3.05, 3.63) is 60.2 Å². The zero-order valence-corrected chi connectivity index (χ0v) is 12.1. The maximum absolute atomic E-state index is 12.1. The molecule has 0 aliphatic carbocycles. The molecule has 0 fully saturated rings. The number of benzene rings is 2. The summed E-state index contributed by atoms with van der Waals surface area (Å²) in [6.07, 6.45) is -0.959. The first-order valence-electron chi connectivity index (χ1n) is 7.01. The van der Waals surface area contributed by atoms with Crippen molar-refractivity contribution in [1.82, 2.24) is 0 Å². The summed E-state index contributed by atoms with van der Waals surface area (Å²) in [5, 5.41) is 14.6. The highest BCUT2D eigenvalue weighted by atomic mass is 16.5. The van der Waals surface area contributed by atoms with Gasteiger partial charge < -0.3 is 9.84 Å². The lowest BCUT2D eigenvalue weighted by molar-refractivity contribution is -0.141. The molecule has 0 spiro atoms. The largest absolute Gasteiger partial charge is 0.426 e. The Hall–Kier alpha value is -2.66. The van der Waals surface area contributed by atoms with E-state index in [4.69, 9.17) is 4.74 Å². The number of esters is 1. The van der Waals surface area contributed by atoms with Crippen LogP contribution in [0.2, 0.25) is 0 Å². The summed E-state index contributed by atoms with van der Waals surface area (Å²) in [7, 11) is 0. The summed E-state index contributed by atoms with van der Waals surface area (Å²) in [5.74, 6) is -0.909. The lowest BCUT2D eigenvalue weighted by Crippen LogP contribution is -2.36. The van der Waals surface area contributed by atoms with Crippen molar-refractivity contribution >= 4 is 17.4 Å². The standard InChI is InChI=1S/C17H16N2O3/c1-11(18-19-12-7-3-2-4-8-12)15-16(20)13-9-5-6-10-14(13)22-17(15)21/h2-10,15-16,19-20H,1H3/b18-11+. The Morgan fingerprint density at radius 3 is 2.59 bits per heavy atom. The summed E-state index contributed by atoms with van der Waals surface area (Å²) < 4.78 is 5.28. The Balaban J connectivity index is 1.83. The van der Waals surface area contributed by atoms with E-state index in [1.165, 1.54) is 0 Å². The number of nitrogens with zero attached hydrogens (tertiary/aromatic N) is 1. The molecule has 2 aromatic carbocycles. The first-order chi connectivity index (χ1) is 10.7. The third-order valence-corrected chi connectivity index (χ3v) is 3.60. The van der Waals surface area contributed by atoms with Gasteiger partial charge >= 0.3 is 5.97 Å². The fraction of sp³-hybridized carbons (Fsp3) is 0.176. The summed E-state index contributed by atoms with van der Waals surface area (Å²) in [4.78, 5) is 12.1. The molecule has 112 valence electrons. The Kier molecular flexibility index (Phi) is 3.89. The Morgan fingerprint density at radius 1 is 1.14 bits per heavy atom. The van der Waals surface area contributed by atoms with Crippen molar-refractivity contribution in [3.63, 3.8) is 0 Å². The minimum absolute atomic E-state index is 0.403. The number of aliphatic hydroxyl groups is 1. The summed E-state index contributed by atoms with van der Waals surface area (Å²) in [6.45, 7) is 1.69. The van der Waals surface area contributed by atoms with E-state index >= 15 is 0 Å². The third-order valence-electron chi connectivity index (χ3n) is 3.60. The predicted octanol–water partition coefficient (Wildman–Crippen LogP) is 2.74. The Bertz CT molecular complexity index is 713. The lowest BCUT2D eigenvalue weighted by atomic mass is 9.89. The number of ether oxygens (including phenoxy) is 1. The second-order valence-corrected chi connectivity index (χ2v) is 5.11. The van der Waals surface area contributed by atoms with E-state index < -0.39 is 18.0 Å². The average Bonchev–Trinajstić information content (AvgIpc) is 2.54. The topological polar surface area (TPSA) is 70.9 Å². The van der Waals surface area contributed by atoms with Gasteiger partial charge in [-0.2, -0.15) is 5.10 Å². The van der Waals surface area contributed by atoms with Crippen LogP contribution in [0.3, 0.4) is 0 Å². The van der Waals surface area contributed by atoms with Crippen molar-refractivity contribution in [2.45, 2.75) is 13.0 Å². The number of para-hydroxylation sites is 2. The molecular formula is C17H16N2O3. The van der Waals surface area contributed by atoms with Crippen LogP contribution in [-0.4, -0.2) is 16.8 Å². The van der Waals surface area contributed by atoms with Crippen molar-refractivity contribution in [2.75, 3.05) is 5.43 Å². The molecule has 0 aromatic heterocycles. The molecule has 5 nitrogen and oxygen atoms in total.